The van der Waals surface area contributed by atoms with Gasteiger partial charge in [-0.15, -0.1) is 11.3 Å². The Balaban J connectivity index is 1.76. The highest BCUT2D eigenvalue weighted by Crippen LogP contribution is 2.18. The van der Waals surface area contributed by atoms with Crippen molar-refractivity contribution >= 4 is 29.2 Å². The summed E-state index contributed by atoms with van der Waals surface area (Å²) in [6.45, 7) is -0.388. The van der Waals surface area contributed by atoms with E-state index in [2.05, 4.69) is 5.32 Å². The zero-order valence-electron chi connectivity index (χ0n) is 13.2. The van der Waals surface area contributed by atoms with Crippen molar-refractivity contribution in [3.63, 3.8) is 0 Å². The van der Waals surface area contributed by atoms with Gasteiger partial charge in [-0.05, 0) is 29.6 Å². The number of amides is 3. The van der Waals surface area contributed by atoms with Crippen LogP contribution in [0.4, 0.5) is 9.18 Å². The molecule has 0 saturated carbocycles. The molecule has 0 atom stereocenters. The van der Waals surface area contributed by atoms with Crippen LogP contribution in [-0.2, 0) is 16.1 Å². The fraction of sp³-hybridized carbons (Fsp3) is 0.188. The summed E-state index contributed by atoms with van der Waals surface area (Å²) in [7, 11) is 1.30. The zero-order chi connectivity index (χ0) is 18.2. The lowest BCUT2D eigenvalue weighted by Gasteiger charge is -2.07. The third-order valence-corrected chi connectivity index (χ3v) is 3.85. The first-order valence-corrected chi connectivity index (χ1v) is 7.98. The molecular formula is C16H15FN2O5S. The Hall–Kier alpha value is -2.94. The third-order valence-electron chi connectivity index (χ3n) is 2.98. The molecule has 0 spiro atoms. The SMILES string of the molecule is COc1ccc(C(=O)OCC(=O)NC(=O)NCc2cccs2)cc1F. The van der Waals surface area contributed by atoms with Crippen LogP contribution in [0.15, 0.2) is 35.7 Å². The summed E-state index contributed by atoms with van der Waals surface area (Å²) in [5, 5.41) is 6.38. The molecule has 1 aromatic heterocycles. The quantitative estimate of drug-likeness (QED) is 0.764. The van der Waals surface area contributed by atoms with E-state index in [4.69, 9.17) is 9.47 Å². The zero-order valence-corrected chi connectivity index (χ0v) is 14.0. The van der Waals surface area contributed by atoms with Crippen LogP contribution >= 0.6 is 11.3 Å². The molecule has 3 amide bonds. The Bertz CT molecular complexity index is 764. The molecule has 2 aromatic rings. The lowest BCUT2D eigenvalue weighted by Crippen LogP contribution is -2.41. The Morgan fingerprint density at radius 3 is 2.68 bits per heavy atom. The summed E-state index contributed by atoms with van der Waals surface area (Å²) in [5.74, 6) is -2.44. The Kier molecular flexibility index (Phi) is 6.47. The normalized spacial score (nSPS) is 10.0. The number of ether oxygens (including phenoxy) is 2. The fourth-order valence-electron chi connectivity index (χ4n) is 1.80. The third kappa shape index (κ3) is 5.57. The van der Waals surface area contributed by atoms with E-state index in [9.17, 15) is 18.8 Å². The van der Waals surface area contributed by atoms with E-state index in [1.165, 1.54) is 30.6 Å². The Labute approximate surface area is 146 Å². The first kappa shape index (κ1) is 18.4. The summed E-state index contributed by atoms with van der Waals surface area (Å²) in [4.78, 5) is 35.8. The van der Waals surface area contributed by atoms with Crippen molar-refractivity contribution < 1.29 is 28.2 Å². The maximum atomic E-state index is 13.5. The van der Waals surface area contributed by atoms with Crippen LogP contribution in [0.25, 0.3) is 0 Å². The average Bonchev–Trinajstić information content (AvgIpc) is 3.11. The van der Waals surface area contributed by atoms with Crippen molar-refractivity contribution in [2.45, 2.75) is 6.54 Å². The van der Waals surface area contributed by atoms with Crippen LogP contribution in [0.2, 0.25) is 0 Å². The number of halogens is 1. The predicted octanol–water partition coefficient (Wildman–Crippen LogP) is 2.08. The minimum atomic E-state index is -0.893. The van der Waals surface area contributed by atoms with Crippen molar-refractivity contribution in [3.05, 3.63) is 52.0 Å². The van der Waals surface area contributed by atoms with Gasteiger partial charge in [-0.1, -0.05) is 6.07 Å². The topological polar surface area (TPSA) is 93.7 Å². The van der Waals surface area contributed by atoms with Gasteiger partial charge in [-0.3, -0.25) is 10.1 Å². The second-order valence-electron chi connectivity index (χ2n) is 4.74. The monoisotopic (exact) mass is 366 g/mol. The van der Waals surface area contributed by atoms with Crippen LogP contribution in [0.5, 0.6) is 5.75 Å². The van der Waals surface area contributed by atoms with Gasteiger partial charge >= 0.3 is 12.0 Å². The number of carbonyl (C=O) groups excluding carboxylic acids is 3. The highest BCUT2D eigenvalue weighted by molar-refractivity contribution is 7.09. The first-order valence-electron chi connectivity index (χ1n) is 7.10. The highest BCUT2D eigenvalue weighted by atomic mass is 32.1. The summed E-state index contributed by atoms with van der Waals surface area (Å²) in [6.07, 6.45) is 0. The maximum Gasteiger partial charge on any atom is 0.338 e. The average molecular weight is 366 g/mol. The second-order valence-corrected chi connectivity index (χ2v) is 5.77. The lowest BCUT2D eigenvalue weighted by molar-refractivity contribution is -0.123. The molecule has 9 heteroatoms. The second kappa shape index (κ2) is 8.78. The largest absolute Gasteiger partial charge is 0.494 e. The molecule has 0 fully saturated rings. The van der Waals surface area contributed by atoms with Crippen molar-refractivity contribution in [2.24, 2.45) is 0 Å². The fourth-order valence-corrected chi connectivity index (χ4v) is 2.44. The van der Waals surface area contributed by atoms with Gasteiger partial charge in [0.05, 0.1) is 19.2 Å². The number of carbonyl (C=O) groups is 3. The van der Waals surface area contributed by atoms with Crippen molar-refractivity contribution in [3.8, 4) is 5.75 Å². The molecular weight excluding hydrogens is 351 g/mol. The van der Waals surface area contributed by atoms with Gasteiger partial charge in [0.15, 0.2) is 18.2 Å². The number of hydrogen-bond acceptors (Lipinski definition) is 6. The minimum Gasteiger partial charge on any atom is -0.494 e. The molecule has 0 radical (unpaired) electrons. The lowest BCUT2D eigenvalue weighted by atomic mass is 10.2. The molecule has 0 unspecified atom stereocenters. The van der Waals surface area contributed by atoms with Crippen molar-refractivity contribution in [1.82, 2.24) is 10.6 Å². The predicted molar refractivity (Wildman–Crippen MR) is 87.9 cm³/mol. The number of imide groups is 1. The summed E-state index contributed by atoms with van der Waals surface area (Å²) in [5.41, 5.74) is -0.0757. The number of rotatable bonds is 6. The van der Waals surface area contributed by atoms with E-state index < -0.39 is 30.3 Å². The molecule has 2 N–H and O–H groups in total. The van der Waals surface area contributed by atoms with Gasteiger partial charge < -0.3 is 14.8 Å². The molecule has 1 heterocycles. The van der Waals surface area contributed by atoms with Crippen molar-refractivity contribution in [1.29, 1.82) is 0 Å². The number of methoxy groups -OCH3 is 1. The van der Waals surface area contributed by atoms with Crippen LogP contribution in [-0.4, -0.2) is 31.6 Å². The first-order chi connectivity index (χ1) is 12.0. The summed E-state index contributed by atoms with van der Waals surface area (Å²) >= 11 is 1.46. The smallest absolute Gasteiger partial charge is 0.338 e. The molecule has 7 nitrogen and oxygen atoms in total. The molecule has 0 aliphatic heterocycles. The molecule has 2 rings (SSSR count). The molecule has 0 aliphatic carbocycles. The van der Waals surface area contributed by atoms with E-state index in [1.54, 1.807) is 0 Å². The van der Waals surface area contributed by atoms with Crippen LogP contribution in [0, 0.1) is 5.82 Å². The van der Waals surface area contributed by atoms with Gasteiger partial charge in [0.25, 0.3) is 5.91 Å². The van der Waals surface area contributed by atoms with E-state index in [-0.39, 0.29) is 17.9 Å². The molecule has 0 saturated heterocycles. The van der Waals surface area contributed by atoms with Crippen molar-refractivity contribution in [2.75, 3.05) is 13.7 Å². The minimum absolute atomic E-state index is 0.0169. The van der Waals surface area contributed by atoms with Gasteiger partial charge in [-0.2, -0.15) is 0 Å². The van der Waals surface area contributed by atoms with Crippen LogP contribution < -0.4 is 15.4 Å². The molecule has 132 valence electrons. The van der Waals surface area contributed by atoms with Gasteiger partial charge in [0.2, 0.25) is 0 Å². The maximum absolute atomic E-state index is 13.5. The Morgan fingerprint density at radius 2 is 2.04 bits per heavy atom. The molecule has 25 heavy (non-hydrogen) atoms. The van der Waals surface area contributed by atoms with E-state index in [1.807, 2.05) is 22.8 Å². The molecule has 1 aromatic carbocycles. The Morgan fingerprint density at radius 1 is 1.24 bits per heavy atom. The highest BCUT2D eigenvalue weighted by Gasteiger charge is 2.14. The van der Waals surface area contributed by atoms with Crippen LogP contribution in [0.3, 0.4) is 0 Å². The number of esters is 1. The number of nitrogens with one attached hydrogen (secondary N) is 2. The van der Waals surface area contributed by atoms with Gasteiger partial charge in [-0.25, -0.2) is 14.0 Å². The number of urea groups is 1. The number of thiophene rings is 1. The number of hydrogen-bond donors (Lipinski definition) is 2. The summed E-state index contributed by atoms with van der Waals surface area (Å²) < 4.78 is 23.0. The van der Waals surface area contributed by atoms with Crippen LogP contribution in [0.1, 0.15) is 15.2 Å². The van der Waals surface area contributed by atoms with E-state index >= 15 is 0 Å². The molecule has 0 aliphatic rings. The summed E-state index contributed by atoms with van der Waals surface area (Å²) in [6, 6.07) is 6.48. The molecule has 0 bridgehead atoms. The van der Waals surface area contributed by atoms with Gasteiger partial charge in [0.1, 0.15) is 0 Å². The number of benzene rings is 1. The van der Waals surface area contributed by atoms with E-state index in [0.717, 1.165) is 10.9 Å². The van der Waals surface area contributed by atoms with E-state index in [0.29, 0.717) is 0 Å². The standard InChI is InChI=1S/C16H15FN2O5S/c1-23-13-5-4-10(7-12(13)17)15(21)24-9-14(20)19-16(22)18-8-11-3-2-6-25-11/h2-7H,8-9H2,1H3,(H2,18,19,20,22). The van der Waals surface area contributed by atoms with Gasteiger partial charge in [0, 0.05) is 4.88 Å².